The van der Waals surface area contributed by atoms with E-state index in [4.69, 9.17) is 9.72 Å². The fourth-order valence-corrected chi connectivity index (χ4v) is 4.47. The standard InChI is InChI=1S/C25H28IN7O3/c1-30(2)10-11-31(3)22-14-24(36-5)20(13-23(22)33(34)35)29-25-27-9-8-19(28-25)18-15-32(4)21-12-16(26)6-7-17(18)21/h6-9,12-15H,10-11H2,1-5H3,(H,27,28,29). The molecule has 0 unspecified atom stereocenters. The monoisotopic (exact) mass is 601 g/mol. The molecule has 0 saturated heterocycles. The first kappa shape index (κ1) is 25.6. The van der Waals surface area contributed by atoms with Crippen molar-refractivity contribution in [2.24, 2.45) is 7.05 Å². The summed E-state index contributed by atoms with van der Waals surface area (Å²) < 4.78 is 8.80. The molecule has 10 nitrogen and oxygen atoms in total. The zero-order valence-electron chi connectivity index (χ0n) is 20.8. The normalized spacial score (nSPS) is 11.2. The van der Waals surface area contributed by atoms with Crippen molar-refractivity contribution < 1.29 is 9.66 Å². The maximum absolute atomic E-state index is 11.9. The number of halogens is 1. The molecule has 188 valence electrons. The van der Waals surface area contributed by atoms with Gasteiger partial charge in [0.2, 0.25) is 5.95 Å². The summed E-state index contributed by atoms with van der Waals surface area (Å²) in [4.78, 5) is 24.5. The van der Waals surface area contributed by atoms with Gasteiger partial charge in [-0.3, -0.25) is 10.1 Å². The Morgan fingerprint density at radius 3 is 2.64 bits per heavy atom. The lowest BCUT2D eigenvalue weighted by Crippen LogP contribution is -2.28. The third-order valence-electron chi connectivity index (χ3n) is 5.92. The molecule has 0 aliphatic heterocycles. The maximum atomic E-state index is 11.9. The number of nitro benzene ring substituents is 1. The number of hydrogen-bond donors (Lipinski definition) is 1. The Morgan fingerprint density at radius 2 is 1.94 bits per heavy atom. The maximum Gasteiger partial charge on any atom is 0.294 e. The molecule has 0 fully saturated rings. The highest BCUT2D eigenvalue weighted by Crippen LogP contribution is 2.39. The second-order valence-corrected chi connectivity index (χ2v) is 9.97. The van der Waals surface area contributed by atoms with Crippen LogP contribution in [0.3, 0.4) is 0 Å². The van der Waals surface area contributed by atoms with E-state index in [1.165, 1.54) is 13.2 Å². The molecule has 11 heteroatoms. The Kier molecular flexibility index (Phi) is 7.59. The summed E-state index contributed by atoms with van der Waals surface area (Å²) in [5.41, 5.74) is 3.69. The van der Waals surface area contributed by atoms with Gasteiger partial charge in [0.15, 0.2) is 0 Å². The fourth-order valence-electron chi connectivity index (χ4n) is 4.00. The first-order chi connectivity index (χ1) is 17.2. The predicted molar refractivity (Wildman–Crippen MR) is 151 cm³/mol. The van der Waals surface area contributed by atoms with Crippen LogP contribution in [0.4, 0.5) is 23.0 Å². The van der Waals surface area contributed by atoms with Crippen molar-refractivity contribution >= 4 is 56.5 Å². The van der Waals surface area contributed by atoms with Crippen LogP contribution in [0.25, 0.3) is 22.2 Å². The number of nitrogens with one attached hydrogen (secondary N) is 1. The van der Waals surface area contributed by atoms with Gasteiger partial charge in [-0.15, -0.1) is 0 Å². The Morgan fingerprint density at radius 1 is 1.17 bits per heavy atom. The van der Waals surface area contributed by atoms with Gasteiger partial charge in [-0.2, -0.15) is 0 Å². The lowest BCUT2D eigenvalue weighted by atomic mass is 10.1. The van der Waals surface area contributed by atoms with Crippen LogP contribution >= 0.6 is 22.6 Å². The van der Waals surface area contributed by atoms with Gasteiger partial charge in [-0.05, 0) is 54.9 Å². The van der Waals surface area contributed by atoms with Crippen LogP contribution in [0.2, 0.25) is 0 Å². The minimum atomic E-state index is -0.388. The Bertz CT molecular complexity index is 1420. The number of hydrogen-bond acceptors (Lipinski definition) is 8. The highest BCUT2D eigenvalue weighted by Gasteiger charge is 2.22. The number of ether oxygens (including phenoxy) is 1. The quantitative estimate of drug-likeness (QED) is 0.164. The number of rotatable bonds is 9. The zero-order chi connectivity index (χ0) is 26.0. The van der Waals surface area contributed by atoms with E-state index in [0.29, 0.717) is 29.6 Å². The van der Waals surface area contributed by atoms with Crippen molar-refractivity contribution in [3.63, 3.8) is 0 Å². The number of aryl methyl sites for hydroxylation is 1. The van der Waals surface area contributed by atoms with Crippen LogP contribution in [-0.2, 0) is 7.05 Å². The number of aromatic nitrogens is 3. The molecule has 2 heterocycles. The van der Waals surface area contributed by atoms with Crippen LogP contribution in [0.15, 0.2) is 48.8 Å². The zero-order valence-corrected chi connectivity index (χ0v) is 23.0. The first-order valence-electron chi connectivity index (χ1n) is 11.2. The molecule has 2 aromatic heterocycles. The lowest BCUT2D eigenvalue weighted by molar-refractivity contribution is -0.384. The summed E-state index contributed by atoms with van der Waals surface area (Å²) in [5.74, 6) is 0.775. The number of benzene rings is 2. The number of likely N-dealkylation sites (N-methyl/N-ethyl adjacent to an activating group) is 2. The summed E-state index contributed by atoms with van der Waals surface area (Å²) in [6.07, 6.45) is 3.71. The molecule has 0 saturated carbocycles. The minimum Gasteiger partial charge on any atom is -0.494 e. The van der Waals surface area contributed by atoms with E-state index in [0.717, 1.165) is 32.3 Å². The second-order valence-electron chi connectivity index (χ2n) is 8.73. The number of methoxy groups -OCH3 is 1. The van der Waals surface area contributed by atoms with Gasteiger partial charge in [-0.25, -0.2) is 9.97 Å². The summed E-state index contributed by atoms with van der Waals surface area (Å²) in [6, 6.07) is 11.3. The van der Waals surface area contributed by atoms with E-state index in [2.05, 4.69) is 55.7 Å². The number of nitrogens with zero attached hydrogens (tertiary/aromatic N) is 6. The lowest BCUT2D eigenvalue weighted by Gasteiger charge is -2.22. The molecule has 0 atom stereocenters. The third kappa shape index (κ3) is 5.36. The van der Waals surface area contributed by atoms with Crippen LogP contribution in [0.5, 0.6) is 5.75 Å². The topological polar surface area (TPSA) is 102 Å². The summed E-state index contributed by atoms with van der Waals surface area (Å²) in [7, 11) is 9.29. The molecule has 0 amide bonds. The summed E-state index contributed by atoms with van der Waals surface area (Å²) >= 11 is 2.30. The number of anilines is 3. The van der Waals surface area contributed by atoms with Gasteiger partial charge in [0.1, 0.15) is 11.4 Å². The molecule has 0 aliphatic rings. The van der Waals surface area contributed by atoms with Gasteiger partial charge < -0.3 is 24.4 Å². The Labute approximate surface area is 223 Å². The molecular weight excluding hydrogens is 573 g/mol. The highest BCUT2D eigenvalue weighted by atomic mass is 127. The van der Waals surface area contributed by atoms with E-state index >= 15 is 0 Å². The summed E-state index contributed by atoms with van der Waals surface area (Å²) in [6.45, 7) is 1.38. The average Bonchev–Trinajstić information content (AvgIpc) is 3.18. The van der Waals surface area contributed by atoms with Crippen molar-refractivity contribution in [3.8, 4) is 17.0 Å². The number of nitro groups is 1. The molecule has 0 spiro atoms. The van der Waals surface area contributed by atoms with Gasteiger partial charge in [-0.1, -0.05) is 6.07 Å². The van der Waals surface area contributed by atoms with Crippen LogP contribution in [-0.4, -0.2) is 65.7 Å². The van der Waals surface area contributed by atoms with Crippen LogP contribution in [0.1, 0.15) is 0 Å². The van der Waals surface area contributed by atoms with E-state index in [-0.39, 0.29) is 10.6 Å². The average molecular weight is 601 g/mol. The van der Waals surface area contributed by atoms with Crippen molar-refractivity contribution in [3.05, 3.63) is 62.5 Å². The van der Waals surface area contributed by atoms with Crippen LogP contribution < -0.4 is 15.0 Å². The SMILES string of the molecule is COc1cc(N(C)CCN(C)C)c([N+](=O)[O-])cc1Nc1nccc(-c2cn(C)c3cc(I)ccc23)n1. The van der Waals surface area contributed by atoms with Gasteiger partial charge in [0, 0.05) is 71.7 Å². The second kappa shape index (κ2) is 10.7. The van der Waals surface area contributed by atoms with Gasteiger partial charge >= 0.3 is 0 Å². The molecule has 4 rings (SSSR count). The van der Waals surface area contributed by atoms with Gasteiger partial charge in [0.25, 0.3) is 5.69 Å². The largest absolute Gasteiger partial charge is 0.494 e. The molecule has 2 aromatic carbocycles. The molecule has 4 aromatic rings. The fraction of sp³-hybridized carbons (Fsp3) is 0.280. The Balaban J connectivity index is 1.70. The van der Waals surface area contributed by atoms with Crippen molar-refractivity contribution in [1.82, 2.24) is 19.4 Å². The molecular formula is C25H28IN7O3. The predicted octanol–water partition coefficient (Wildman–Crippen LogP) is 4.90. The van der Waals surface area contributed by atoms with E-state index < -0.39 is 0 Å². The van der Waals surface area contributed by atoms with E-state index in [1.807, 2.05) is 50.3 Å². The highest BCUT2D eigenvalue weighted by molar-refractivity contribution is 14.1. The van der Waals surface area contributed by atoms with E-state index in [9.17, 15) is 10.1 Å². The third-order valence-corrected chi connectivity index (χ3v) is 6.59. The molecule has 36 heavy (non-hydrogen) atoms. The molecule has 0 radical (unpaired) electrons. The molecule has 0 bridgehead atoms. The van der Waals surface area contributed by atoms with Gasteiger partial charge in [0.05, 0.1) is 23.4 Å². The number of fused-ring (bicyclic) bond motifs is 1. The van der Waals surface area contributed by atoms with E-state index in [1.54, 1.807) is 12.3 Å². The smallest absolute Gasteiger partial charge is 0.294 e. The first-order valence-corrected chi connectivity index (χ1v) is 12.3. The Hall–Kier alpha value is -3.45. The summed E-state index contributed by atoms with van der Waals surface area (Å²) in [5, 5.41) is 16.1. The van der Waals surface area contributed by atoms with Crippen molar-refractivity contribution in [1.29, 1.82) is 0 Å². The minimum absolute atomic E-state index is 0.0284. The molecule has 0 aliphatic carbocycles. The van der Waals surface area contributed by atoms with Crippen LogP contribution in [0, 0.1) is 13.7 Å². The van der Waals surface area contributed by atoms with Crippen molar-refractivity contribution in [2.45, 2.75) is 0 Å². The molecule has 1 N–H and O–H groups in total. The van der Waals surface area contributed by atoms with Crippen molar-refractivity contribution in [2.75, 3.05) is 51.6 Å².